The maximum Gasteiger partial charge on any atom is 0.312 e. The molecular formula is C17H26O3. The molecule has 112 valence electrons. The van der Waals surface area contributed by atoms with Crippen molar-refractivity contribution in [2.45, 2.75) is 65.4 Å². The molecule has 0 saturated heterocycles. The van der Waals surface area contributed by atoms with Gasteiger partial charge in [0.25, 0.3) is 0 Å². The van der Waals surface area contributed by atoms with E-state index in [1.165, 1.54) is 0 Å². The molecule has 0 spiro atoms. The van der Waals surface area contributed by atoms with Crippen molar-refractivity contribution in [2.24, 2.45) is 29.1 Å². The lowest BCUT2D eigenvalue weighted by Crippen LogP contribution is -2.61. The fraction of sp³-hybridized carbons (Fsp3) is 0.882. The highest BCUT2D eigenvalue weighted by atomic mass is 16.6. The predicted octanol–water partition coefficient (Wildman–Crippen LogP) is 3.36. The van der Waals surface area contributed by atoms with Crippen molar-refractivity contribution in [3.63, 3.8) is 0 Å². The maximum atomic E-state index is 12.5. The van der Waals surface area contributed by atoms with Crippen LogP contribution in [0.3, 0.4) is 0 Å². The first-order chi connectivity index (χ1) is 9.28. The first-order valence-corrected chi connectivity index (χ1v) is 8.05. The molecule has 4 fully saturated rings. The van der Waals surface area contributed by atoms with E-state index in [-0.39, 0.29) is 23.4 Å². The van der Waals surface area contributed by atoms with Crippen LogP contribution in [-0.2, 0) is 14.3 Å². The van der Waals surface area contributed by atoms with E-state index in [2.05, 4.69) is 6.92 Å². The molecule has 0 unspecified atom stereocenters. The van der Waals surface area contributed by atoms with Gasteiger partial charge in [-0.25, -0.2) is 0 Å². The fourth-order valence-corrected chi connectivity index (χ4v) is 4.47. The molecule has 0 aromatic rings. The van der Waals surface area contributed by atoms with Crippen LogP contribution in [0.5, 0.6) is 0 Å². The summed E-state index contributed by atoms with van der Waals surface area (Å²) in [6.45, 7) is 8.06. The molecule has 0 heterocycles. The molecule has 20 heavy (non-hydrogen) atoms. The van der Waals surface area contributed by atoms with Crippen molar-refractivity contribution in [1.29, 1.82) is 0 Å². The molecule has 4 aliphatic carbocycles. The quantitative estimate of drug-likeness (QED) is 0.743. The van der Waals surface area contributed by atoms with Gasteiger partial charge in [-0.3, -0.25) is 9.59 Å². The van der Waals surface area contributed by atoms with Crippen LogP contribution in [0, 0.1) is 29.1 Å². The van der Waals surface area contributed by atoms with Gasteiger partial charge in [0.1, 0.15) is 11.4 Å². The monoisotopic (exact) mass is 278 g/mol. The number of ether oxygens (including phenoxy) is 1. The second-order valence-electron chi connectivity index (χ2n) is 7.94. The standard InChI is InChI=1S/C17H26O3/c1-5-16(2,3)15(19)20-17(4)12-6-10-7-13(17)9-11(8-12)14(10)18/h10-13H,5-9H2,1-4H3. The Balaban J connectivity index is 1.80. The molecule has 0 N–H and O–H groups in total. The summed E-state index contributed by atoms with van der Waals surface area (Å²) in [5.74, 6) is 1.70. The van der Waals surface area contributed by atoms with Gasteiger partial charge in [0.05, 0.1) is 5.41 Å². The van der Waals surface area contributed by atoms with E-state index < -0.39 is 5.41 Å². The van der Waals surface area contributed by atoms with Crippen LogP contribution in [0.2, 0.25) is 0 Å². The summed E-state index contributed by atoms with van der Waals surface area (Å²) >= 11 is 0. The average Bonchev–Trinajstić information content (AvgIpc) is 2.37. The van der Waals surface area contributed by atoms with Gasteiger partial charge in [0, 0.05) is 23.7 Å². The highest BCUT2D eigenvalue weighted by Crippen LogP contribution is 2.58. The summed E-state index contributed by atoms with van der Waals surface area (Å²) in [5.41, 5.74) is -0.745. The van der Waals surface area contributed by atoms with Gasteiger partial charge in [-0.05, 0) is 52.9 Å². The van der Waals surface area contributed by atoms with E-state index in [4.69, 9.17) is 4.74 Å². The van der Waals surface area contributed by atoms with Crippen molar-refractivity contribution < 1.29 is 14.3 Å². The lowest BCUT2D eigenvalue weighted by molar-refractivity contribution is -0.209. The minimum absolute atomic E-state index is 0.0682. The largest absolute Gasteiger partial charge is 0.458 e. The van der Waals surface area contributed by atoms with Gasteiger partial charge in [-0.15, -0.1) is 0 Å². The topological polar surface area (TPSA) is 43.4 Å². The van der Waals surface area contributed by atoms with Crippen LogP contribution in [-0.4, -0.2) is 17.4 Å². The van der Waals surface area contributed by atoms with Crippen LogP contribution in [0.25, 0.3) is 0 Å². The van der Waals surface area contributed by atoms with Gasteiger partial charge in [0.2, 0.25) is 0 Å². The molecular weight excluding hydrogens is 252 g/mol. The van der Waals surface area contributed by atoms with Gasteiger partial charge < -0.3 is 4.74 Å². The summed E-state index contributed by atoms with van der Waals surface area (Å²) in [4.78, 5) is 24.6. The summed E-state index contributed by atoms with van der Waals surface area (Å²) < 4.78 is 6.06. The Labute approximate surface area is 121 Å². The Bertz CT molecular complexity index is 417. The number of rotatable bonds is 3. The molecule has 0 atom stereocenters. The van der Waals surface area contributed by atoms with Crippen molar-refractivity contribution in [3.8, 4) is 0 Å². The number of carbonyl (C=O) groups excluding carboxylic acids is 2. The average molecular weight is 278 g/mol. The summed E-state index contributed by atoms with van der Waals surface area (Å²) in [6.07, 6.45) is 4.52. The summed E-state index contributed by atoms with van der Waals surface area (Å²) in [7, 11) is 0. The van der Waals surface area contributed by atoms with E-state index in [1.54, 1.807) is 0 Å². The Morgan fingerprint density at radius 2 is 1.65 bits per heavy atom. The van der Waals surface area contributed by atoms with Gasteiger partial charge in [0.15, 0.2) is 0 Å². The van der Waals surface area contributed by atoms with Crippen LogP contribution < -0.4 is 0 Å². The fourth-order valence-electron chi connectivity index (χ4n) is 4.47. The number of Topliss-reactive ketones (excluding diaryl/α,β-unsaturated/α-hetero) is 1. The van der Waals surface area contributed by atoms with Gasteiger partial charge in [-0.2, -0.15) is 0 Å². The predicted molar refractivity (Wildman–Crippen MR) is 76.0 cm³/mol. The Hall–Kier alpha value is -0.860. The first-order valence-electron chi connectivity index (χ1n) is 8.05. The van der Waals surface area contributed by atoms with Crippen LogP contribution in [0.4, 0.5) is 0 Å². The maximum absolute atomic E-state index is 12.5. The zero-order chi connectivity index (χ0) is 14.7. The minimum Gasteiger partial charge on any atom is -0.458 e. The number of hydrogen-bond donors (Lipinski definition) is 0. The second-order valence-corrected chi connectivity index (χ2v) is 7.94. The van der Waals surface area contributed by atoms with Crippen LogP contribution in [0.15, 0.2) is 0 Å². The third-order valence-electron chi connectivity index (χ3n) is 6.45. The van der Waals surface area contributed by atoms with Gasteiger partial charge in [-0.1, -0.05) is 6.92 Å². The number of esters is 1. The number of carbonyl (C=O) groups is 2. The van der Waals surface area contributed by atoms with Crippen molar-refractivity contribution in [3.05, 3.63) is 0 Å². The van der Waals surface area contributed by atoms with E-state index >= 15 is 0 Å². The molecule has 4 aliphatic rings. The second kappa shape index (κ2) is 4.32. The molecule has 4 bridgehead atoms. The third kappa shape index (κ3) is 1.85. The van der Waals surface area contributed by atoms with Crippen molar-refractivity contribution in [1.82, 2.24) is 0 Å². The molecule has 0 aliphatic heterocycles. The summed E-state index contributed by atoms with van der Waals surface area (Å²) in [5, 5.41) is 0. The van der Waals surface area contributed by atoms with E-state index in [0.29, 0.717) is 17.6 Å². The highest BCUT2D eigenvalue weighted by molar-refractivity contribution is 5.86. The summed E-state index contributed by atoms with van der Waals surface area (Å²) in [6, 6.07) is 0. The third-order valence-corrected chi connectivity index (χ3v) is 6.45. The van der Waals surface area contributed by atoms with Crippen molar-refractivity contribution in [2.75, 3.05) is 0 Å². The zero-order valence-electron chi connectivity index (χ0n) is 13.1. The Morgan fingerprint density at radius 1 is 1.20 bits per heavy atom. The molecule has 4 rings (SSSR count). The van der Waals surface area contributed by atoms with E-state index in [1.807, 2.05) is 20.8 Å². The molecule has 0 aromatic carbocycles. The Morgan fingerprint density at radius 3 is 2.05 bits per heavy atom. The molecule has 0 amide bonds. The normalized spacial score (nSPS) is 42.9. The molecule has 3 nitrogen and oxygen atoms in total. The number of ketones is 1. The number of hydrogen-bond acceptors (Lipinski definition) is 3. The molecule has 4 saturated carbocycles. The molecule has 0 aromatic heterocycles. The molecule has 0 radical (unpaired) electrons. The SMILES string of the molecule is CCC(C)(C)C(=O)OC1(C)C2CC3CC1CC(C2)C3=O. The van der Waals surface area contributed by atoms with Crippen LogP contribution >= 0.6 is 0 Å². The lowest BCUT2D eigenvalue weighted by atomic mass is 9.49. The van der Waals surface area contributed by atoms with Crippen LogP contribution in [0.1, 0.15) is 59.8 Å². The van der Waals surface area contributed by atoms with E-state index in [0.717, 1.165) is 32.1 Å². The highest BCUT2D eigenvalue weighted by Gasteiger charge is 2.60. The minimum atomic E-state index is -0.409. The smallest absolute Gasteiger partial charge is 0.312 e. The van der Waals surface area contributed by atoms with Gasteiger partial charge >= 0.3 is 5.97 Å². The lowest BCUT2D eigenvalue weighted by Gasteiger charge is -2.58. The van der Waals surface area contributed by atoms with Crippen molar-refractivity contribution >= 4 is 11.8 Å². The Kier molecular flexibility index (Phi) is 3.04. The first kappa shape index (κ1) is 14.1. The van der Waals surface area contributed by atoms with E-state index in [9.17, 15) is 9.59 Å². The zero-order valence-corrected chi connectivity index (χ0v) is 13.1. The molecule has 3 heteroatoms.